The van der Waals surface area contributed by atoms with Gasteiger partial charge in [0, 0.05) is 18.2 Å². The molecule has 72 valence electrons. The molecule has 5 nitrogen and oxygen atoms in total. The predicted octanol–water partition coefficient (Wildman–Crippen LogP) is 0.844. The fourth-order valence-corrected chi connectivity index (χ4v) is 1.10. The Hall–Kier alpha value is -1.91. The fraction of sp³-hybridized carbons (Fsp3) is 0.222. The molecule has 0 atom stereocenters. The highest BCUT2D eigenvalue weighted by Gasteiger charge is 1.97. The Morgan fingerprint density at radius 3 is 3.29 bits per heavy atom. The lowest BCUT2D eigenvalue weighted by Gasteiger charge is -1.91. The zero-order valence-electron chi connectivity index (χ0n) is 7.64. The molecule has 2 N–H and O–H groups in total. The van der Waals surface area contributed by atoms with Gasteiger partial charge < -0.3 is 5.32 Å². The van der Waals surface area contributed by atoms with Crippen LogP contribution in [0.3, 0.4) is 0 Å². The molecule has 0 radical (unpaired) electrons. The highest BCUT2D eigenvalue weighted by atomic mass is 15.1. The molecule has 0 fully saturated rings. The molecule has 2 rings (SSSR count). The Balaban J connectivity index is 1.80. The van der Waals surface area contributed by atoms with Crippen molar-refractivity contribution in [3.05, 3.63) is 30.2 Å². The summed E-state index contributed by atoms with van der Waals surface area (Å²) in [5, 5.41) is 9.56. The third kappa shape index (κ3) is 2.29. The summed E-state index contributed by atoms with van der Waals surface area (Å²) in [7, 11) is 0. The van der Waals surface area contributed by atoms with Crippen LogP contribution in [0.15, 0.2) is 34.7 Å². The van der Waals surface area contributed by atoms with Crippen molar-refractivity contribution in [1.82, 2.24) is 15.5 Å². The molecule has 0 saturated carbocycles. The van der Waals surface area contributed by atoms with Gasteiger partial charge >= 0.3 is 0 Å². The zero-order chi connectivity index (χ0) is 9.64. The minimum Gasteiger partial charge on any atom is -0.350 e. The van der Waals surface area contributed by atoms with E-state index in [-0.39, 0.29) is 0 Å². The van der Waals surface area contributed by atoms with Crippen LogP contribution < -0.4 is 5.32 Å². The van der Waals surface area contributed by atoms with E-state index in [0.717, 1.165) is 17.8 Å². The van der Waals surface area contributed by atoms with Gasteiger partial charge in [-0.2, -0.15) is 5.10 Å². The number of H-pyrrole nitrogens is 1. The summed E-state index contributed by atoms with van der Waals surface area (Å²) in [6, 6.07) is 0. The summed E-state index contributed by atoms with van der Waals surface area (Å²) in [4.78, 5) is 8.28. The summed E-state index contributed by atoms with van der Waals surface area (Å²) < 4.78 is 0. The lowest BCUT2D eigenvalue weighted by atomic mass is 10.4. The van der Waals surface area contributed by atoms with Crippen LogP contribution in [0.25, 0.3) is 0 Å². The van der Waals surface area contributed by atoms with Gasteiger partial charge in [0.1, 0.15) is 12.2 Å². The number of hydrogen-bond donors (Lipinski definition) is 2. The van der Waals surface area contributed by atoms with Crippen LogP contribution >= 0.6 is 0 Å². The van der Waals surface area contributed by atoms with E-state index in [0.29, 0.717) is 6.54 Å². The molecule has 0 spiro atoms. The first kappa shape index (κ1) is 8.68. The number of hydrogen-bond acceptors (Lipinski definition) is 2. The molecular weight excluding hydrogens is 178 g/mol. The average Bonchev–Trinajstić information content (AvgIpc) is 2.86. The molecule has 5 heteroatoms. The smallest absolute Gasteiger partial charge is 0.112 e. The van der Waals surface area contributed by atoms with Crippen LogP contribution in [0.5, 0.6) is 0 Å². The Labute approximate surface area is 81.7 Å². The van der Waals surface area contributed by atoms with E-state index in [1.165, 1.54) is 0 Å². The number of aromatic amines is 1. The van der Waals surface area contributed by atoms with E-state index >= 15 is 0 Å². The van der Waals surface area contributed by atoms with E-state index in [1.54, 1.807) is 12.5 Å². The molecule has 14 heavy (non-hydrogen) atoms. The summed E-state index contributed by atoms with van der Waals surface area (Å²) in [5.41, 5.74) is 1.05. The maximum absolute atomic E-state index is 4.14. The number of rotatable bonds is 3. The lowest BCUT2D eigenvalue weighted by molar-refractivity contribution is 1.07. The van der Waals surface area contributed by atoms with Crippen molar-refractivity contribution in [3.8, 4) is 0 Å². The molecule has 0 aromatic carbocycles. The van der Waals surface area contributed by atoms with Crippen LogP contribution in [0.1, 0.15) is 12.0 Å². The second-order valence-corrected chi connectivity index (χ2v) is 2.89. The van der Waals surface area contributed by atoms with Crippen LogP contribution in [0, 0.1) is 0 Å². The van der Waals surface area contributed by atoms with Gasteiger partial charge in [-0.1, -0.05) is 6.08 Å². The Kier molecular flexibility index (Phi) is 2.70. The van der Waals surface area contributed by atoms with Gasteiger partial charge in [-0.05, 0) is 6.20 Å². The third-order valence-electron chi connectivity index (χ3n) is 1.80. The maximum Gasteiger partial charge on any atom is 0.112 e. The van der Waals surface area contributed by atoms with Crippen LogP contribution in [0.4, 0.5) is 0 Å². The minimum atomic E-state index is 0.612. The first-order chi connectivity index (χ1) is 6.95. The van der Waals surface area contributed by atoms with E-state index < -0.39 is 0 Å². The summed E-state index contributed by atoms with van der Waals surface area (Å²) in [5.74, 6) is 0.931. The van der Waals surface area contributed by atoms with Crippen LogP contribution in [0.2, 0.25) is 0 Å². The van der Waals surface area contributed by atoms with Crippen molar-refractivity contribution in [2.75, 3.05) is 0 Å². The second-order valence-electron chi connectivity index (χ2n) is 2.89. The molecule has 1 aromatic heterocycles. The van der Waals surface area contributed by atoms with Gasteiger partial charge in [-0.15, -0.1) is 0 Å². The van der Waals surface area contributed by atoms with Crippen molar-refractivity contribution < 1.29 is 0 Å². The van der Waals surface area contributed by atoms with Crippen molar-refractivity contribution >= 4 is 12.2 Å². The van der Waals surface area contributed by atoms with Crippen molar-refractivity contribution in [1.29, 1.82) is 0 Å². The molecule has 0 aliphatic carbocycles. The van der Waals surface area contributed by atoms with Gasteiger partial charge in [0.25, 0.3) is 0 Å². The zero-order valence-corrected chi connectivity index (χ0v) is 7.64. The number of nitrogens with zero attached hydrogens (tertiary/aromatic N) is 3. The molecule has 0 bridgehead atoms. The van der Waals surface area contributed by atoms with Gasteiger partial charge in [-0.25, -0.2) is 4.99 Å². The molecule has 2 heterocycles. The van der Waals surface area contributed by atoms with Gasteiger partial charge in [-0.3, -0.25) is 10.1 Å². The van der Waals surface area contributed by atoms with E-state index in [2.05, 4.69) is 25.5 Å². The third-order valence-corrected chi connectivity index (χ3v) is 1.80. The molecule has 1 aliphatic rings. The summed E-state index contributed by atoms with van der Waals surface area (Å²) >= 11 is 0. The number of amidine groups is 1. The number of aliphatic imine (C=N–C) groups is 2. The quantitative estimate of drug-likeness (QED) is 0.546. The molecular formula is C9H11N5. The molecule has 0 unspecified atom stereocenters. The van der Waals surface area contributed by atoms with E-state index in [4.69, 9.17) is 0 Å². The molecule has 1 aliphatic heterocycles. The standard InChI is InChI=1S/C9H11N5/c1-2-9(11-3-1)12-7-10-4-8-5-13-14-6-8/h1,3,5-7H,2,4H2,(H,13,14)(H,10,11,12). The lowest BCUT2D eigenvalue weighted by Crippen LogP contribution is -2.10. The number of aromatic nitrogens is 2. The topological polar surface area (TPSA) is 65.4 Å². The van der Waals surface area contributed by atoms with Gasteiger partial charge in [0.05, 0.1) is 12.7 Å². The van der Waals surface area contributed by atoms with Crippen molar-refractivity contribution in [2.24, 2.45) is 9.98 Å². The Bertz CT molecular complexity index is 351. The fourth-order valence-electron chi connectivity index (χ4n) is 1.10. The highest BCUT2D eigenvalue weighted by molar-refractivity contribution is 5.92. The van der Waals surface area contributed by atoms with Crippen molar-refractivity contribution in [3.63, 3.8) is 0 Å². The molecule has 0 saturated heterocycles. The normalized spacial score (nSPS) is 18.1. The first-order valence-electron chi connectivity index (χ1n) is 4.39. The van der Waals surface area contributed by atoms with E-state index in [9.17, 15) is 0 Å². The van der Waals surface area contributed by atoms with E-state index in [1.807, 2.05) is 18.5 Å². The van der Waals surface area contributed by atoms with Gasteiger partial charge in [0.2, 0.25) is 0 Å². The van der Waals surface area contributed by atoms with Gasteiger partial charge in [0.15, 0.2) is 0 Å². The summed E-state index contributed by atoms with van der Waals surface area (Å²) in [6.45, 7) is 0.612. The summed E-state index contributed by atoms with van der Waals surface area (Å²) in [6.07, 6.45) is 9.89. The second kappa shape index (κ2) is 4.36. The molecule has 1 aromatic rings. The largest absolute Gasteiger partial charge is 0.350 e. The Morgan fingerprint density at radius 1 is 1.57 bits per heavy atom. The first-order valence-corrected chi connectivity index (χ1v) is 4.39. The maximum atomic E-state index is 4.14. The predicted molar refractivity (Wildman–Crippen MR) is 55.1 cm³/mol. The van der Waals surface area contributed by atoms with Crippen LogP contribution in [-0.2, 0) is 6.54 Å². The SMILES string of the molecule is C1=CNC(=NC=NCc2cn[nH]c2)C1. The highest BCUT2D eigenvalue weighted by Crippen LogP contribution is 1.96. The Morgan fingerprint density at radius 2 is 2.57 bits per heavy atom. The van der Waals surface area contributed by atoms with Crippen LogP contribution in [-0.4, -0.2) is 22.4 Å². The number of nitrogens with one attached hydrogen (secondary N) is 2. The monoisotopic (exact) mass is 189 g/mol. The average molecular weight is 189 g/mol. The van der Waals surface area contributed by atoms with Crippen molar-refractivity contribution in [2.45, 2.75) is 13.0 Å². The minimum absolute atomic E-state index is 0.612. The molecule has 0 amide bonds.